The normalized spacial score (nSPS) is 25.0. The molecule has 1 N–H and O–H groups in total. The molecule has 0 spiro atoms. The molecule has 0 aromatic carbocycles. The van der Waals surface area contributed by atoms with Gasteiger partial charge in [0.1, 0.15) is 6.61 Å². The summed E-state index contributed by atoms with van der Waals surface area (Å²) in [6.45, 7) is 2.90. The van der Waals surface area contributed by atoms with Crippen LogP contribution < -0.4 is 5.32 Å². The van der Waals surface area contributed by atoms with Gasteiger partial charge in [0.25, 0.3) is 0 Å². The van der Waals surface area contributed by atoms with Gasteiger partial charge in [-0.3, -0.25) is 0 Å². The molecular weight excluding hydrogens is 301 g/mol. The van der Waals surface area contributed by atoms with Gasteiger partial charge in [-0.05, 0) is 39.5 Å². The maximum absolute atomic E-state index is 12.2. The Hall–Kier alpha value is -0.660. The highest BCUT2D eigenvalue weighted by molar-refractivity contribution is 7.09. The van der Waals surface area contributed by atoms with Gasteiger partial charge in [0.05, 0.1) is 17.3 Å². The van der Waals surface area contributed by atoms with Gasteiger partial charge >= 0.3 is 6.18 Å². The van der Waals surface area contributed by atoms with E-state index < -0.39 is 12.8 Å². The van der Waals surface area contributed by atoms with Crippen molar-refractivity contribution in [2.75, 3.05) is 6.61 Å². The van der Waals surface area contributed by atoms with Gasteiger partial charge in [-0.15, -0.1) is 11.3 Å². The molecule has 3 nitrogen and oxygen atoms in total. The number of nitrogens with one attached hydrogen (secondary N) is 1. The Morgan fingerprint density at radius 3 is 2.86 bits per heavy atom. The average Bonchev–Trinajstić information content (AvgIpc) is 2.82. The van der Waals surface area contributed by atoms with Crippen LogP contribution in [0.2, 0.25) is 0 Å². The van der Waals surface area contributed by atoms with E-state index in [-0.39, 0.29) is 18.2 Å². The minimum atomic E-state index is -4.24. The Bertz CT molecular complexity index is 450. The van der Waals surface area contributed by atoms with Crippen molar-refractivity contribution in [3.05, 3.63) is 16.1 Å². The highest BCUT2D eigenvalue weighted by Gasteiger charge is 2.31. The van der Waals surface area contributed by atoms with Crippen LogP contribution in [-0.2, 0) is 4.74 Å². The standard InChI is InChI=1S/C14H21F3N2OS/c1-9-13(21-8-18-9)10(2)19-11-4-3-5-12(6-11)20-7-14(15,16)17/h8,10-12,19H,3-7H2,1-2H3. The minimum Gasteiger partial charge on any atom is -0.369 e. The van der Waals surface area contributed by atoms with E-state index in [0.717, 1.165) is 18.5 Å². The fraction of sp³-hybridized carbons (Fsp3) is 0.786. The molecule has 3 unspecified atom stereocenters. The van der Waals surface area contributed by atoms with Crippen molar-refractivity contribution < 1.29 is 17.9 Å². The zero-order valence-electron chi connectivity index (χ0n) is 12.2. The quantitative estimate of drug-likeness (QED) is 0.890. The summed E-state index contributed by atoms with van der Waals surface area (Å²) >= 11 is 1.61. The molecule has 1 saturated carbocycles. The number of aryl methyl sites for hydroxylation is 1. The largest absolute Gasteiger partial charge is 0.411 e. The Labute approximate surface area is 126 Å². The van der Waals surface area contributed by atoms with Crippen LogP contribution in [0.4, 0.5) is 13.2 Å². The number of hydrogen-bond donors (Lipinski definition) is 1. The van der Waals surface area contributed by atoms with E-state index in [1.165, 1.54) is 4.88 Å². The van der Waals surface area contributed by atoms with Gasteiger partial charge in [0, 0.05) is 17.0 Å². The van der Waals surface area contributed by atoms with Gasteiger partial charge in [0.15, 0.2) is 0 Å². The molecule has 1 aliphatic rings. The molecule has 0 aliphatic heterocycles. The number of halogens is 3. The second-order valence-electron chi connectivity index (χ2n) is 5.60. The third kappa shape index (κ3) is 5.23. The first-order valence-electron chi connectivity index (χ1n) is 7.19. The Kier molecular flexibility index (Phi) is 5.62. The van der Waals surface area contributed by atoms with E-state index >= 15 is 0 Å². The molecule has 1 aromatic rings. The monoisotopic (exact) mass is 322 g/mol. The molecule has 0 saturated heterocycles. The van der Waals surface area contributed by atoms with Crippen LogP contribution in [0, 0.1) is 6.92 Å². The molecular formula is C14H21F3N2OS. The molecule has 3 atom stereocenters. The summed E-state index contributed by atoms with van der Waals surface area (Å²) in [7, 11) is 0. The SMILES string of the molecule is Cc1ncsc1C(C)NC1CCCC(OCC(F)(F)F)C1. The van der Waals surface area contributed by atoms with E-state index in [4.69, 9.17) is 4.74 Å². The van der Waals surface area contributed by atoms with Gasteiger partial charge in [-0.25, -0.2) is 4.98 Å². The Balaban J connectivity index is 1.82. The van der Waals surface area contributed by atoms with E-state index in [1.54, 1.807) is 11.3 Å². The fourth-order valence-electron chi connectivity index (χ4n) is 2.82. The van der Waals surface area contributed by atoms with E-state index in [2.05, 4.69) is 17.2 Å². The lowest BCUT2D eigenvalue weighted by atomic mass is 9.92. The predicted octanol–water partition coefficient (Wildman–Crippen LogP) is 3.99. The van der Waals surface area contributed by atoms with Crippen LogP contribution in [0.15, 0.2) is 5.51 Å². The lowest BCUT2D eigenvalue weighted by Crippen LogP contribution is -2.39. The number of thiazole rings is 1. The van der Waals surface area contributed by atoms with Crippen molar-refractivity contribution >= 4 is 11.3 Å². The summed E-state index contributed by atoms with van der Waals surface area (Å²) in [5.41, 5.74) is 2.83. The highest BCUT2D eigenvalue weighted by Crippen LogP contribution is 2.27. The number of alkyl halides is 3. The second kappa shape index (κ2) is 7.07. The van der Waals surface area contributed by atoms with Crippen LogP contribution in [0.3, 0.4) is 0 Å². The van der Waals surface area contributed by atoms with Crippen molar-refractivity contribution in [2.24, 2.45) is 0 Å². The Morgan fingerprint density at radius 1 is 1.48 bits per heavy atom. The topological polar surface area (TPSA) is 34.2 Å². The van der Waals surface area contributed by atoms with Crippen molar-refractivity contribution in [1.29, 1.82) is 0 Å². The maximum atomic E-state index is 12.2. The summed E-state index contributed by atoms with van der Waals surface area (Å²) in [6.07, 6.45) is -1.32. The van der Waals surface area contributed by atoms with Gasteiger partial charge in [-0.1, -0.05) is 0 Å². The first kappa shape index (κ1) is 16.7. The molecule has 1 aromatic heterocycles. The number of rotatable bonds is 5. The van der Waals surface area contributed by atoms with Gasteiger partial charge in [-0.2, -0.15) is 13.2 Å². The lowest BCUT2D eigenvalue weighted by molar-refractivity contribution is -0.188. The van der Waals surface area contributed by atoms with E-state index in [9.17, 15) is 13.2 Å². The van der Waals surface area contributed by atoms with Gasteiger partial charge in [0.2, 0.25) is 0 Å². The van der Waals surface area contributed by atoms with Crippen LogP contribution >= 0.6 is 11.3 Å². The zero-order valence-corrected chi connectivity index (χ0v) is 13.1. The number of nitrogens with zero attached hydrogens (tertiary/aromatic N) is 1. The average molecular weight is 322 g/mol. The molecule has 21 heavy (non-hydrogen) atoms. The van der Waals surface area contributed by atoms with Gasteiger partial charge < -0.3 is 10.1 Å². The maximum Gasteiger partial charge on any atom is 0.411 e. The summed E-state index contributed by atoms with van der Waals surface area (Å²) in [5, 5.41) is 3.50. The fourth-order valence-corrected chi connectivity index (χ4v) is 3.64. The first-order valence-corrected chi connectivity index (χ1v) is 8.07. The van der Waals surface area contributed by atoms with Crippen LogP contribution in [0.1, 0.15) is 49.2 Å². The molecule has 1 fully saturated rings. The van der Waals surface area contributed by atoms with Crippen LogP contribution in [-0.4, -0.2) is 29.9 Å². The summed E-state index contributed by atoms with van der Waals surface area (Å²) in [4.78, 5) is 5.42. The third-order valence-electron chi connectivity index (χ3n) is 3.77. The molecule has 7 heteroatoms. The number of ether oxygens (including phenoxy) is 1. The molecule has 120 valence electrons. The van der Waals surface area contributed by atoms with Crippen molar-refractivity contribution in [1.82, 2.24) is 10.3 Å². The minimum absolute atomic E-state index is 0.170. The molecule has 1 aliphatic carbocycles. The zero-order chi connectivity index (χ0) is 15.5. The van der Waals surface area contributed by atoms with Crippen molar-refractivity contribution in [3.8, 4) is 0 Å². The molecule has 1 heterocycles. The smallest absolute Gasteiger partial charge is 0.369 e. The predicted molar refractivity (Wildman–Crippen MR) is 76.5 cm³/mol. The number of hydrogen-bond acceptors (Lipinski definition) is 4. The molecule has 0 amide bonds. The Morgan fingerprint density at radius 2 is 2.24 bits per heavy atom. The highest BCUT2D eigenvalue weighted by atomic mass is 32.1. The summed E-state index contributed by atoms with van der Waals surface area (Å²) in [6, 6.07) is 0.373. The van der Waals surface area contributed by atoms with Crippen molar-refractivity contribution in [3.63, 3.8) is 0 Å². The second-order valence-corrected chi connectivity index (χ2v) is 6.49. The lowest BCUT2D eigenvalue weighted by Gasteiger charge is -2.32. The third-order valence-corrected chi connectivity index (χ3v) is 4.88. The summed E-state index contributed by atoms with van der Waals surface area (Å²) < 4.78 is 41.6. The summed E-state index contributed by atoms with van der Waals surface area (Å²) in [5.74, 6) is 0. The van der Waals surface area contributed by atoms with Crippen molar-refractivity contribution in [2.45, 2.75) is 63.9 Å². The molecule has 2 rings (SSSR count). The van der Waals surface area contributed by atoms with E-state index in [1.807, 2.05) is 12.4 Å². The van der Waals surface area contributed by atoms with Crippen LogP contribution in [0.5, 0.6) is 0 Å². The van der Waals surface area contributed by atoms with E-state index in [0.29, 0.717) is 12.8 Å². The molecule has 0 radical (unpaired) electrons. The van der Waals surface area contributed by atoms with Crippen LogP contribution in [0.25, 0.3) is 0 Å². The number of aromatic nitrogens is 1. The first-order chi connectivity index (χ1) is 9.85. The molecule has 0 bridgehead atoms.